The number of carboxylic acids is 1. The Hall–Kier alpha value is -1.20. The number of hydrogen-bond acceptors (Lipinski definition) is 2. The van der Waals surface area contributed by atoms with Crippen molar-refractivity contribution in [1.82, 2.24) is 4.98 Å². The molecule has 0 bridgehead atoms. The van der Waals surface area contributed by atoms with E-state index in [0.29, 0.717) is 58.2 Å². The lowest BCUT2D eigenvalue weighted by Gasteiger charge is -2.12. The number of rotatable bonds is 4. The Bertz CT molecular complexity index is 1020. The molecule has 1 N–H and O–H groups in total. The SMILES string of the molecule is O=C(O)Cc1cc(-c2cc(Cl)c(Cl)cc2Cl)nc(-c2cc(Cl)c(Cl)cc2Cl)c1. The van der Waals surface area contributed by atoms with Gasteiger partial charge < -0.3 is 5.11 Å². The van der Waals surface area contributed by atoms with Crippen LogP contribution in [0.5, 0.6) is 0 Å². The van der Waals surface area contributed by atoms with Crippen molar-refractivity contribution in [3.63, 3.8) is 0 Å². The van der Waals surface area contributed by atoms with Gasteiger partial charge in [0, 0.05) is 11.1 Å². The average molecular weight is 496 g/mol. The lowest BCUT2D eigenvalue weighted by atomic mass is 10.0. The number of carboxylic acid groups (broad SMARTS) is 1. The van der Waals surface area contributed by atoms with Gasteiger partial charge in [-0.3, -0.25) is 4.79 Å². The second kappa shape index (κ2) is 8.66. The van der Waals surface area contributed by atoms with Gasteiger partial charge in [0.25, 0.3) is 0 Å². The van der Waals surface area contributed by atoms with Crippen LogP contribution in [-0.4, -0.2) is 16.1 Å². The highest BCUT2D eigenvalue weighted by atomic mass is 35.5. The fraction of sp³-hybridized carbons (Fsp3) is 0.0526. The predicted molar refractivity (Wildman–Crippen MR) is 117 cm³/mol. The summed E-state index contributed by atoms with van der Waals surface area (Å²) in [6.45, 7) is 0. The number of aliphatic carboxylic acids is 1. The van der Waals surface area contributed by atoms with Gasteiger partial charge in [0.15, 0.2) is 0 Å². The summed E-state index contributed by atoms with van der Waals surface area (Å²) >= 11 is 36.8. The Kier molecular flexibility index (Phi) is 6.65. The number of pyridine rings is 1. The molecule has 3 rings (SSSR count). The molecular formula is C19H9Cl6NO2. The summed E-state index contributed by atoms with van der Waals surface area (Å²) in [5.41, 5.74) is 2.33. The average Bonchev–Trinajstić information content (AvgIpc) is 2.60. The first-order valence-electron chi connectivity index (χ1n) is 7.68. The van der Waals surface area contributed by atoms with Gasteiger partial charge in [-0.15, -0.1) is 0 Å². The van der Waals surface area contributed by atoms with Crippen LogP contribution in [0.15, 0.2) is 36.4 Å². The van der Waals surface area contributed by atoms with Crippen molar-refractivity contribution in [2.24, 2.45) is 0 Å². The molecule has 1 heterocycles. The molecule has 0 spiro atoms. The fourth-order valence-electron chi connectivity index (χ4n) is 2.58. The van der Waals surface area contributed by atoms with Crippen molar-refractivity contribution in [3.05, 3.63) is 72.1 Å². The van der Waals surface area contributed by atoms with Gasteiger partial charge in [0.1, 0.15) is 0 Å². The molecule has 2 aromatic carbocycles. The maximum absolute atomic E-state index is 11.2. The Morgan fingerprint density at radius 3 is 1.46 bits per heavy atom. The number of carbonyl (C=O) groups is 1. The van der Waals surface area contributed by atoms with E-state index in [2.05, 4.69) is 4.98 Å². The maximum Gasteiger partial charge on any atom is 0.307 e. The van der Waals surface area contributed by atoms with Crippen LogP contribution < -0.4 is 0 Å². The molecule has 0 fully saturated rings. The third kappa shape index (κ3) is 4.68. The Labute approximate surface area is 190 Å². The van der Waals surface area contributed by atoms with Gasteiger partial charge in [-0.25, -0.2) is 4.98 Å². The topological polar surface area (TPSA) is 50.2 Å². The molecule has 0 aliphatic carbocycles. The van der Waals surface area contributed by atoms with Crippen LogP contribution in [0.2, 0.25) is 30.1 Å². The summed E-state index contributed by atoms with van der Waals surface area (Å²) < 4.78 is 0. The number of aromatic nitrogens is 1. The van der Waals surface area contributed by atoms with Gasteiger partial charge in [-0.05, 0) is 42.0 Å². The van der Waals surface area contributed by atoms with Gasteiger partial charge >= 0.3 is 5.97 Å². The zero-order chi connectivity index (χ0) is 20.6. The summed E-state index contributed by atoms with van der Waals surface area (Å²) in [5, 5.41) is 11.0. The second-order valence-corrected chi connectivity index (χ2v) is 8.25. The summed E-state index contributed by atoms with van der Waals surface area (Å²) in [6.07, 6.45) is -0.222. The minimum absolute atomic E-state index is 0.222. The highest BCUT2D eigenvalue weighted by Gasteiger charge is 2.16. The Morgan fingerprint density at radius 1 is 0.679 bits per heavy atom. The van der Waals surface area contributed by atoms with Crippen LogP contribution in [0.1, 0.15) is 5.56 Å². The van der Waals surface area contributed by atoms with Crippen LogP contribution in [0.3, 0.4) is 0 Å². The second-order valence-electron chi connectivity index (χ2n) is 5.81. The number of nitrogens with zero attached hydrogens (tertiary/aromatic N) is 1. The fourth-order valence-corrected chi connectivity index (χ4v) is 3.86. The highest BCUT2D eigenvalue weighted by molar-refractivity contribution is 6.44. The molecule has 3 aromatic rings. The Balaban J connectivity index is 2.25. The van der Waals surface area contributed by atoms with Crippen LogP contribution in [0, 0.1) is 0 Å². The minimum atomic E-state index is -0.997. The minimum Gasteiger partial charge on any atom is -0.481 e. The zero-order valence-corrected chi connectivity index (χ0v) is 18.3. The third-order valence-corrected chi connectivity index (χ3v) is 5.88. The van der Waals surface area contributed by atoms with E-state index in [9.17, 15) is 9.90 Å². The van der Waals surface area contributed by atoms with E-state index in [1.54, 1.807) is 24.3 Å². The third-order valence-electron chi connectivity index (χ3n) is 3.81. The molecule has 0 radical (unpaired) electrons. The van der Waals surface area contributed by atoms with Crippen molar-refractivity contribution in [2.45, 2.75) is 6.42 Å². The standard InChI is InChI=1S/C19H9Cl6NO2/c20-11-6-15(24)13(22)4-9(11)17-1-8(3-19(27)28)2-18(26-17)10-5-14(23)16(25)7-12(10)21/h1-2,4-7H,3H2,(H,27,28). The zero-order valence-electron chi connectivity index (χ0n) is 13.7. The van der Waals surface area contributed by atoms with Gasteiger partial charge in [-0.2, -0.15) is 0 Å². The van der Waals surface area contributed by atoms with E-state index in [1.807, 2.05) is 0 Å². The molecule has 0 amide bonds. The van der Waals surface area contributed by atoms with Gasteiger partial charge in [-0.1, -0.05) is 69.6 Å². The first kappa shape index (κ1) is 21.5. The predicted octanol–water partition coefficient (Wildman–Crippen LogP) is 7.96. The molecular weight excluding hydrogens is 487 g/mol. The van der Waals surface area contributed by atoms with E-state index >= 15 is 0 Å². The molecule has 144 valence electrons. The quantitative estimate of drug-likeness (QED) is 0.373. The van der Waals surface area contributed by atoms with E-state index in [-0.39, 0.29) is 6.42 Å². The molecule has 0 unspecified atom stereocenters. The van der Waals surface area contributed by atoms with Crippen molar-refractivity contribution in [3.8, 4) is 22.5 Å². The van der Waals surface area contributed by atoms with Crippen molar-refractivity contribution in [1.29, 1.82) is 0 Å². The first-order chi connectivity index (χ1) is 13.2. The number of benzene rings is 2. The molecule has 28 heavy (non-hydrogen) atoms. The van der Waals surface area contributed by atoms with Crippen molar-refractivity contribution >= 4 is 75.6 Å². The molecule has 9 heteroatoms. The molecule has 1 aromatic heterocycles. The van der Waals surface area contributed by atoms with E-state index in [4.69, 9.17) is 69.6 Å². The molecule has 0 aliphatic rings. The van der Waals surface area contributed by atoms with Crippen LogP contribution >= 0.6 is 69.6 Å². The monoisotopic (exact) mass is 493 g/mol. The van der Waals surface area contributed by atoms with Gasteiger partial charge in [0.2, 0.25) is 0 Å². The van der Waals surface area contributed by atoms with Crippen LogP contribution in [0.4, 0.5) is 0 Å². The molecule has 0 aliphatic heterocycles. The van der Waals surface area contributed by atoms with E-state index in [1.165, 1.54) is 12.1 Å². The lowest BCUT2D eigenvalue weighted by molar-refractivity contribution is -0.136. The van der Waals surface area contributed by atoms with Gasteiger partial charge in [0.05, 0.1) is 47.9 Å². The van der Waals surface area contributed by atoms with Crippen LogP contribution in [-0.2, 0) is 11.2 Å². The number of hydrogen-bond donors (Lipinski definition) is 1. The lowest BCUT2D eigenvalue weighted by Crippen LogP contribution is -2.02. The summed E-state index contributed by atoms with van der Waals surface area (Å²) in [7, 11) is 0. The van der Waals surface area contributed by atoms with Crippen molar-refractivity contribution in [2.75, 3.05) is 0 Å². The molecule has 3 nitrogen and oxygen atoms in total. The largest absolute Gasteiger partial charge is 0.481 e. The molecule has 0 saturated heterocycles. The summed E-state index contributed by atoms with van der Waals surface area (Å²) in [5.74, 6) is -0.997. The van der Waals surface area contributed by atoms with E-state index < -0.39 is 5.97 Å². The van der Waals surface area contributed by atoms with Crippen molar-refractivity contribution < 1.29 is 9.90 Å². The number of halogens is 6. The maximum atomic E-state index is 11.2. The summed E-state index contributed by atoms with van der Waals surface area (Å²) in [6, 6.07) is 9.37. The summed E-state index contributed by atoms with van der Waals surface area (Å²) in [4.78, 5) is 15.8. The van der Waals surface area contributed by atoms with E-state index in [0.717, 1.165) is 0 Å². The van der Waals surface area contributed by atoms with Crippen LogP contribution in [0.25, 0.3) is 22.5 Å². The molecule has 0 atom stereocenters. The first-order valence-corrected chi connectivity index (χ1v) is 9.95. The normalized spacial score (nSPS) is 10.9. The Morgan fingerprint density at radius 2 is 1.07 bits per heavy atom. The highest BCUT2D eigenvalue weighted by Crippen LogP contribution is 2.38. The smallest absolute Gasteiger partial charge is 0.307 e. The molecule has 0 saturated carbocycles.